The third-order valence-electron chi connectivity index (χ3n) is 11.4. The molecule has 2 unspecified atom stereocenters. The van der Waals surface area contributed by atoms with Crippen molar-refractivity contribution in [1.29, 1.82) is 0 Å². The molecule has 58 heavy (non-hydrogen) atoms. The lowest BCUT2D eigenvalue weighted by atomic mass is 10.0. The molecule has 0 aromatic rings. The summed E-state index contributed by atoms with van der Waals surface area (Å²) in [7, 11) is 0. The summed E-state index contributed by atoms with van der Waals surface area (Å²) in [5.74, 6) is -0.114. The minimum Gasteiger partial charge on any atom is -0.466 e. The van der Waals surface area contributed by atoms with E-state index in [9.17, 15) is 19.8 Å². The average molecular weight is 816 g/mol. The van der Waals surface area contributed by atoms with Gasteiger partial charge in [0, 0.05) is 12.8 Å². The molecule has 0 spiro atoms. The van der Waals surface area contributed by atoms with Gasteiger partial charge in [-0.3, -0.25) is 9.59 Å². The summed E-state index contributed by atoms with van der Waals surface area (Å²) in [5.41, 5.74) is 0. The molecule has 1 amide bonds. The maximum absolute atomic E-state index is 12.3. The Labute approximate surface area is 360 Å². The van der Waals surface area contributed by atoms with E-state index in [-0.39, 0.29) is 18.5 Å². The largest absolute Gasteiger partial charge is 0.466 e. The molecule has 2 atom stereocenters. The molecule has 0 fully saturated rings. The highest BCUT2D eigenvalue weighted by Gasteiger charge is 2.18. The number of esters is 1. The van der Waals surface area contributed by atoms with Gasteiger partial charge < -0.3 is 20.3 Å². The van der Waals surface area contributed by atoms with E-state index in [0.717, 1.165) is 77.0 Å². The Morgan fingerprint density at radius 3 is 1.28 bits per heavy atom. The highest BCUT2D eigenvalue weighted by molar-refractivity contribution is 5.76. The zero-order valence-corrected chi connectivity index (χ0v) is 38.5. The Bertz CT molecular complexity index is 946. The first-order chi connectivity index (χ1) is 28.5. The molecule has 340 valence electrons. The highest BCUT2D eigenvalue weighted by Crippen LogP contribution is 2.15. The Morgan fingerprint density at radius 1 is 0.483 bits per heavy atom. The molecule has 0 rings (SSSR count). The van der Waals surface area contributed by atoms with Crippen LogP contribution in [0.4, 0.5) is 0 Å². The fourth-order valence-electron chi connectivity index (χ4n) is 7.50. The second-order valence-corrected chi connectivity index (χ2v) is 17.2. The fourth-order valence-corrected chi connectivity index (χ4v) is 7.50. The fraction of sp³-hybridized carbons (Fsp3) is 0.846. The number of hydrogen-bond donors (Lipinski definition) is 3. The van der Waals surface area contributed by atoms with Crippen LogP contribution in [0.15, 0.2) is 36.5 Å². The second-order valence-electron chi connectivity index (χ2n) is 17.2. The summed E-state index contributed by atoms with van der Waals surface area (Å²) in [6.07, 6.45) is 57.3. The van der Waals surface area contributed by atoms with Crippen molar-refractivity contribution < 1.29 is 24.5 Å². The Balaban J connectivity index is 3.50. The van der Waals surface area contributed by atoms with Crippen LogP contribution in [0.3, 0.4) is 0 Å². The third-order valence-corrected chi connectivity index (χ3v) is 11.4. The lowest BCUT2D eigenvalue weighted by Gasteiger charge is -2.20. The van der Waals surface area contributed by atoms with Crippen LogP contribution in [0.5, 0.6) is 0 Å². The van der Waals surface area contributed by atoms with E-state index in [1.165, 1.54) is 154 Å². The number of rotatable bonds is 46. The number of nitrogens with one attached hydrogen (secondary N) is 1. The van der Waals surface area contributed by atoms with Gasteiger partial charge in [0.1, 0.15) is 0 Å². The Kier molecular flexibility index (Phi) is 46.2. The minimum absolute atomic E-state index is 0.0200. The minimum atomic E-state index is -0.856. The summed E-state index contributed by atoms with van der Waals surface area (Å²) in [4.78, 5) is 24.4. The van der Waals surface area contributed by atoms with E-state index in [4.69, 9.17) is 4.74 Å². The third kappa shape index (κ3) is 43.7. The van der Waals surface area contributed by atoms with Gasteiger partial charge in [-0.05, 0) is 64.2 Å². The van der Waals surface area contributed by atoms with Gasteiger partial charge in [-0.25, -0.2) is 0 Å². The second kappa shape index (κ2) is 47.8. The molecule has 0 aliphatic rings. The summed E-state index contributed by atoms with van der Waals surface area (Å²) >= 11 is 0. The van der Waals surface area contributed by atoms with Crippen LogP contribution in [0.2, 0.25) is 0 Å². The van der Waals surface area contributed by atoms with Gasteiger partial charge in [0.15, 0.2) is 0 Å². The molecule has 0 aromatic heterocycles. The zero-order chi connectivity index (χ0) is 42.3. The van der Waals surface area contributed by atoms with Crippen molar-refractivity contribution in [2.75, 3.05) is 13.2 Å². The molecular formula is C52H97NO5. The monoisotopic (exact) mass is 816 g/mol. The molecule has 0 aliphatic carbocycles. The molecular weight excluding hydrogens is 719 g/mol. The van der Waals surface area contributed by atoms with E-state index >= 15 is 0 Å². The van der Waals surface area contributed by atoms with Gasteiger partial charge in [0.05, 0.1) is 25.4 Å². The van der Waals surface area contributed by atoms with Crippen LogP contribution in [-0.4, -0.2) is 47.4 Å². The Morgan fingerprint density at radius 2 is 0.845 bits per heavy atom. The Hall–Kier alpha value is -1.92. The summed E-state index contributed by atoms with van der Waals surface area (Å²) < 4.78 is 5.45. The first kappa shape index (κ1) is 56.1. The number of aliphatic hydroxyl groups excluding tert-OH is 2. The molecule has 0 heterocycles. The van der Waals surface area contributed by atoms with Gasteiger partial charge in [-0.1, -0.05) is 217 Å². The van der Waals surface area contributed by atoms with Crippen molar-refractivity contribution in [2.24, 2.45) is 0 Å². The molecule has 0 aromatic carbocycles. The predicted octanol–water partition coefficient (Wildman–Crippen LogP) is 14.9. The van der Waals surface area contributed by atoms with Gasteiger partial charge in [0.2, 0.25) is 5.91 Å². The summed E-state index contributed by atoms with van der Waals surface area (Å²) in [6.45, 7) is 4.81. The molecule has 6 heteroatoms. The standard InChI is InChI=1S/C52H97NO5/c1-3-5-7-9-11-13-14-15-16-17-20-23-26-30-34-38-42-46-52(57)58-47-43-39-35-31-27-24-21-18-19-22-25-29-33-37-41-45-51(56)53-49(48-54)50(55)44-40-36-32-28-12-10-8-6-4-2/h18,21,24,27,40,44,49-50,54-55H,3-17,19-20,22-23,25-26,28-39,41-43,45-48H2,1-2H3,(H,53,56)/b21-18-,27-24-,44-40+. The lowest BCUT2D eigenvalue weighted by Crippen LogP contribution is -2.45. The molecule has 6 nitrogen and oxygen atoms in total. The highest BCUT2D eigenvalue weighted by atomic mass is 16.5. The van der Waals surface area contributed by atoms with Crippen LogP contribution in [0.1, 0.15) is 258 Å². The molecule has 0 aliphatic heterocycles. The topological polar surface area (TPSA) is 95.9 Å². The lowest BCUT2D eigenvalue weighted by molar-refractivity contribution is -0.143. The van der Waals surface area contributed by atoms with Crippen molar-refractivity contribution in [3.8, 4) is 0 Å². The van der Waals surface area contributed by atoms with Crippen molar-refractivity contribution >= 4 is 11.9 Å². The number of unbranched alkanes of at least 4 members (excludes halogenated alkanes) is 32. The number of allylic oxidation sites excluding steroid dienone is 5. The van der Waals surface area contributed by atoms with Crippen molar-refractivity contribution in [3.63, 3.8) is 0 Å². The van der Waals surface area contributed by atoms with Crippen molar-refractivity contribution in [2.45, 2.75) is 270 Å². The van der Waals surface area contributed by atoms with Crippen LogP contribution in [-0.2, 0) is 14.3 Å². The molecule has 0 saturated carbocycles. The quantitative estimate of drug-likeness (QED) is 0.0246. The molecule has 0 saturated heterocycles. The van der Waals surface area contributed by atoms with Crippen molar-refractivity contribution in [3.05, 3.63) is 36.5 Å². The van der Waals surface area contributed by atoms with Gasteiger partial charge in [-0.15, -0.1) is 0 Å². The van der Waals surface area contributed by atoms with Crippen LogP contribution >= 0.6 is 0 Å². The average Bonchev–Trinajstić information content (AvgIpc) is 3.22. The summed E-state index contributed by atoms with van der Waals surface area (Å²) in [6, 6.07) is -0.642. The molecule has 0 radical (unpaired) electrons. The number of carbonyl (C=O) groups is 2. The first-order valence-electron chi connectivity index (χ1n) is 25.3. The van der Waals surface area contributed by atoms with Crippen LogP contribution in [0, 0.1) is 0 Å². The number of ether oxygens (including phenoxy) is 1. The van der Waals surface area contributed by atoms with E-state index < -0.39 is 12.1 Å². The summed E-state index contributed by atoms with van der Waals surface area (Å²) in [5, 5.41) is 22.9. The molecule has 3 N–H and O–H groups in total. The van der Waals surface area contributed by atoms with Crippen LogP contribution < -0.4 is 5.32 Å². The zero-order valence-electron chi connectivity index (χ0n) is 38.5. The maximum atomic E-state index is 12.3. The normalized spacial score (nSPS) is 13.0. The van der Waals surface area contributed by atoms with E-state index in [0.29, 0.717) is 19.4 Å². The SMILES string of the molecule is CCCCCCCCC/C=C/C(O)C(CO)NC(=O)CCCCCCCC/C=C\C=C/CCCCCOC(=O)CCCCCCCCCCCCCCCCCCC. The van der Waals surface area contributed by atoms with Crippen molar-refractivity contribution in [1.82, 2.24) is 5.32 Å². The first-order valence-corrected chi connectivity index (χ1v) is 25.3. The number of amides is 1. The van der Waals surface area contributed by atoms with Gasteiger partial charge >= 0.3 is 5.97 Å². The van der Waals surface area contributed by atoms with Gasteiger partial charge in [-0.2, -0.15) is 0 Å². The van der Waals surface area contributed by atoms with E-state index in [2.05, 4.69) is 43.5 Å². The van der Waals surface area contributed by atoms with E-state index in [1.54, 1.807) is 6.08 Å². The maximum Gasteiger partial charge on any atom is 0.305 e. The molecule has 0 bridgehead atoms. The number of hydrogen-bond acceptors (Lipinski definition) is 5. The van der Waals surface area contributed by atoms with E-state index in [1.807, 2.05) is 6.08 Å². The van der Waals surface area contributed by atoms with Gasteiger partial charge in [0.25, 0.3) is 0 Å². The number of carbonyl (C=O) groups excluding carboxylic acids is 2. The van der Waals surface area contributed by atoms with Crippen LogP contribution in [0.25, 0.3) is 0 Å². The predicted molar refractivity (Wildman–Crippen MR) is 250 cm³/mol. The smallest absolute Gasteiger partial charge is 0.305 e. The number of aliphatic hydroxyl groups is 2.